The van der Waals surface area contributed by atoms with E-state index in [1.165, 1.54) is 6.42 Å². The van der Waals surface area contributed by atoms with Crippen LogP contribution in [0.5, 0.6) is 0 Å². The van der Waals surface area contributed by atoms with Crippen LogP contribution in [0.4, 0.5) is 0 Å². The minimum Gasteiger partial charge on any atom is -0.381 e. The Morgan fingerprint density at radius 2 is 2.32 bits per heavy atom. The third kappa shape index (κ3) is 3.48. The Morgan fingerprint density at radius 3 is 2.89 bits per heavy atom. The molecule has 2 unspecified atom stereocenters. The van der Waals surface area contributed by atoms with Crippen LogP contribution in [0.15, 0.2) is 0 Å². The zero-order valence-corrected chi connectivity index (χ0v) is 12.4. The number of rotatable bonds is 4. The van der Waals surface area contributed by atoms with Gasteiger partial charge in [0.2, 0.25) is 5.91 Å². The van der Waals surface area contributed by atoms with Gasteiger partial charge < -0.3 is 15.0 Å². The third-order valence-electron chi connectivity index (χ3n) is 4.74. The maximum absolute atomic E-state index is 12.8. The average Bonchev–Trinajstić information content (AvgIpc) is 2.48. The predicted molar refractivity (Wildman–Crippen MR) is 76.0 cm³/mol. The van der Waals surface area contributed by atoms with Crippen LogP contribution in [-0.2, 0) is 9.53 Å². The summed E-state index contributed by atoms with van der Waals surface area (Å²) in [6.07, 6.45) is 5.40. The lowest BCUT2D eigenvalue weighted by Gasteiger charge is -2.39. The number of carbonyl (C=O) groups is 1. The summed E-state index contributed by atoms with van der Waals surface area (Å²) in [6.45, 7) is 6.58. The van der Waals surface area contributed by atoms with Gasteiger partial charge in [0.1, 0.15) is 0 Å². The number of amides is 1. The van der Waals surface area contributed by atoms with E-state index in [1.807, 2.05) is 11.9 Å². The molecule has 0 radical (unpaired) electrons. The highest BCUT2D eigenvalue weighted by atomic mass is 16.5. The molecule has 1 N–H and O–H groups in total. The smallest absolute Gasteiger partial charge is 0.229 e. The first kappa shape index (κ1) is 14.8. The number of hydrogen-bond acceptors (Lipinski definition) is 3. The van der Waals surface area contributed by atoms with Gasteiger partial charge in [-0.2, -0.15) is 0 Å². The van der Waals surface area contributed by atoms with Gasteiger partial charge in [0, 0.05) is 26.7 Å². The molecule has 0 aromatic heterocycles. The van der Waals surface area contributed by atoms with Crippen LogP contribution in [0.2, 0.25) is 0 Å². The van der Waals surface area contributed by atoms with E-state index in [0.717, 1.165) is 58.5 Å². The molecule has 0 saturated carbocycles. The van der Waals surface area contributed by atoms with Gasteiger partial charge >= 0.3 is 0 Å². The van der Waals surface area contributed by atoms with E-state index >= 15 is 0 Å². The maximum atomic E-state index is 12.8. The molecule has 2 atom stereocenters. The number of piperidine rings is 1. The second-order valence-corrected chi connectivity index (χ2v) is 6.18. The molecular weight excluding hydrogens is 240 g/mol. The Bertz CT molecular complexity index is 295. The molecular formula is C15H28N2O2. The average molecular weight is 268 g/mol. The number of hydrogen-bond donors (Lipinski definition) is 1. The summed E-state index contributed by atoms with van der Waals surface area (Å²) in [5.41, 5.74) is -0.164. The maximum Gasteiger partial charge on any atom is 0.229 e. The molecule has 0 aromatic rings. The first-order valence-corrected chi connectivity index (χ1v) is 7.72. The van der Waals surface area contributed by atoms with Crippen LogP contribution in [0.25, 0.3) is 0 Å². The van der Waals surface area contributed by atoms with Gasteiger partial charge in [0.05, 0.1) is 12.0 Å². The zero-order chi connectivity index (χ0) is 13.7. The summed E-state index contributed by atoms with van der Waals surface area (Å²) in [6, 6.07) is 0. The van der Waals surface area contributed by atoms with Crippen molar-refractivity contribution in [2.45, 2.75) is 39.0 Å². The minimum atomic E-state index is -0.164. The van der Waals surface area contributed by atoms with Gasteiger partial charge in [-0.05, 0) is 44.6 Å². The molecule has 2 saturated heterocycles. The van der Waals surface area contributed by atoms with E-state index in [0.29, 0.717) is 11.8 Å². The van der Waals surface area contributed by atoms with Crippen molar-refractivity contribution in [1.82, 2.24) is 10.2 Å². The molecule has 4 heteroatoms. The number of ether oxygens (including phenoxy) is 1. The summed E-state index contributed by atoms with van der Waals surface area (Å²) < 4.78 is 5.51. The third-order valence-corrected chi connectivity index (χ3v) is 4.74. The standard InChI is InChI=1S/C15H28N2O2/c1-3-15(7-5-8-16-12-15)14(18)17(2)10-13-6-4-9-19-11-13/h13,16H,3-12H2,1-2H3. The molecule has 0 aromatic carbocycles. The Labute approximate surface area is 116 Å². The normalized spacial score (nSPS) is 32.0. The molecule has 19 heavy (non-hydrogen) atoms. The highest BCUT2D eigenvalue weighted by Crippen LogP contribution is 2.32. The Hall–Kier alpha value is -0.610. The van der Waals surface area contributed by atoms with Crippen LogP contribution in [0, 0.1) is 11.3 Å². The highest BCUT2D eigenvalue weighted by molar-refractivity contribution is 5.83. The van der Waals surface area contributed by atoms with E-state index in [2.05, 4.69) is 12.2 Å². The summed E-state index contributed by atoms with van der Waals surface area (Å²) in [4.78, 5) is 14.7. The molecule has 0 spiro atoms. The SMILES string of the molecule is CCC1(C(=O)N(C)CC2CCCOC2)CCCNC1. The summed E-state index contributed by atoms with van der Waals surface area (Å²) >= 11 is 0. The fourth-order valence-electron chi connectivity index (χ4n) is 3.43. The number of nitrogens with zero attached hydrogens (tertiary/aromatic N) is 1. The highest BCUT2D eigenvalue weighted by Gasteiger charge is 2.40. The Balaban J connectivity index is 1.92. The molecule has 2 heterocycles. The number of carbonyl (C=O) groups excluding carboxylic acids is 1. The lowest BCUT2D eigenvalue weighted by Crippen LogP contribution is -2.51. The van der Waals surface area contributed by atoms with Gasteiger partial charge in [-0.3, -0.25) is 4.79 Å². The summed E-state index contributed by atoms with van der Waals surface area (Å²) in [5.74, 6) is 0.848. The van der Waals surface area contributed by atoms with Crippen molar-refractivity contribution in [1.29, 1.82) is 0 Å². The first-order chi connectivity index (χ1) is 9.18. The monoisotopic (exact) mass is 268 g/mol. The van der Waals surface area contributed by atoms with E-state index < -0.39 is 0 Å². The Morgan fingerprint density at radius 1 is 1.47 bits per heavy atom. The molecule has 2 rings (SSSR count). The van der Waals surface area contributed by atoms with E-state index in [4.69, 9.17) is 4.74 Å². The van der Waals surface area contributed by atoms with Crippen molar-refractivity contribution in [3.8, 4) is 0 Å². The lowest BCUT2D eigenvalue weighted by atomic mass is 9.77. The number of nitrogens with one attached hydrogen (secondary N) is 1. The van der Waals surface area contributed by atoms with Crippen molar-refractivity contribution in [2.24, 2.45) is 11.3 Å². The van der Waals surface area contributed by atoms with Gasteiger partial charge in [0.25, 0.3) is 0 Å². The zero-order valence-electron chi connectivity index (χ0n) is 12.4. The molecule has 1 amide bonds. The van der Waals surface area contributed by atoms with Gasteiger partial charge in [-0.1, -0.05) is 6.92 Å². The van der Waals surface area contributed by atoms with Crippen molar-refractivity contribution < 1.29 is 9.53 Å². The molecule has 2 fully saturated rings. The fraction of sp³-hybridized carbons (Fsp3) is 0.933. The van der Waals surface area contributed by atoms with Gasteiger partial charge in [-0.25, -0.2) is 0 Å². The van der Waals surface area contributed by atoms with Crippen LogP contribution >= 0.6 is 0 Å². The van der Waals surface area contributed by atoms with Gasteiger partial charge in [-0.15, -0.1) is 0 Å². The quantitative estimate of drug-likeness (QED) is 0.843. The predicted octanol–water partition coefficient (Wildman–Crippen LogP) is 1.65. The van der Waals surface area contributed by atoms with Crippen LogP contribution in [-0.4, -0.2) is 50.7 Å². The molecule has 4 nitrogen and oxygen atoms in total. The van der Waals surface area contributed by atoms with Crippen LogP contribution in [0.3, 0.4) is 0 Å². The second-order valence-electron chi connectivity index (χ2n) is 6.18. The van der Waals surface area contributed by atoms with E-state index in [9.17, 15) is 4.79 Å². The van der Waals surface area contributed by atoms with Gasteiger partial charge in [0.15, 0.2) is 0 Å². The summed E-state index contributed by atoms with van der Waals surface area (Å²) in [7, 11) is 1.96. The van der Waals surface area contributed by atoms with Crippen LogP contribution in [0.1, 0.15) is 39.0 Å². The first-order valence-electron chi connectivity index (χ1n) is 7.72. The molecule has 2 aliphatic heterocycles. The second kappa shape index (κ2) is 6.71. The molecule has 2 aliphatic rings. The molecule has 0 aliphatic carbocycles. The largest absolute Gasteiger partial charge is 0.381 e. The van der Waals surface area contributed by atoms with E-state index in [-0.39, 0.29) is 5.41 Å². The molecule has 0 bridgehead atoms. The minimum absolute atomic E-state index is 0.164. The summed E-state index contributed by atoms with van der Waals surface area (Å²) in [5, 5.41) is 3.39. The van der Waals surface area contributed by atoms with Crippen molar-refractivity contribution in [3.63, 3.8) is 0 Å². The van der Waals surface area contributed by atoms with E-state index in [1.54, 1.807) is 0 Å². The topological polar surface area (TPSA) is 41.6 Å². The van der Waals surface area contributed by atoms with Crippen molar-refractivity contribution in [2.75, 3.05) is 39.9 Å². The lowest BCUT2D eigenvalue weighted by molar-refractivity contribution is -0.143. The van der Waals surface area contributed by atoms with Crippen molar-refractivity contribution in [3.05, 3.63) is 0 Å². The van der Waals surface area contributed by atoms with Crippen molar-refractivity contribution >= 4 is 5.91 Å². The Kier molecular flexibility index (Phi) is 5.22. The van der Waals surface area contributed by atoms with Crippen LogP contribution < -0.4 is 5.32 Å². The molecule has 110 valence electrons. The fourth-order valence-corrected chi connectivity index (χ4v) is 3.43.